The number of aliphatic hydroxyl groups is 1. The van der Waals surface area contributed by atoms with Gasteiger partial charge in [-0.05, 0) is 11.8 Å². The average molecular weight is 174 g/mol. The lowest BCUT2D eigenvalue weighted by atomic mass is 9.90. The Balaban J connectivity index is 3.91. The molecule has 0 aliphatic heterocycles. The Labute approximate surface area is 73.4 Å². The van der Waals surface area contributed by atoms with Crippen molar-refractivity contribution in [2.24, 2.45) is 11.8 Å². The first-order valence-electron chi connectivity index (χ1n) is 4.38. The second kappa shape index (κ2) is 5.14. The van der Waals surface area contributed by atoms with Crippen LogP contribution in [0, 0.1) is 11.8 Å². The Kier molecular flexibility index (Phi) is 4.90. The van der Waals surface area contributed by atoms with Gasteiger partial charge in [0, 0.05) is 0 Å². The molecule has 12 heavy (non-hydrogen) atoms. The van der Waals surface area contributed by atoms with E-state index in [1.165, 1.54) is 0 Å². The summed E-state index contributed by atoms with van der Waals surface area (Å²) in [4.78, 5) is 10.3. The van der Waals surface area contributed by atoms with Crippen molar-refractivity contribution in [3.8, 4) is 0 Å². The van der Waals surface area contributed by atoms with E-state index >= 15 is 0 Å². The highest BCUT2D eigenvalue weighted by molar-refractivity contribution is 5.67. The maximum atomic E-state index is 10.3. The average Bonchev–Trinajstić information content (AvgIpc) is 2.00. The Bertz CT molecular complexity index is 145. The fraction of sp³-hybridized carbons (Fsp3) is 0.889. The van der Waals surface area contributed by atoms with E-state index in [0.717, 1.165) is 6.42 Å². The predicted octanol–water partition coefficient (Wildman–Crippen LogP) is 1.50. The van der Waals surface area contributed by atoms with Gasteiger partial charge in [0.15, 0.2) is 0 Å². The standard InChI is InChI=1S/C9H18O3/c1-4-6(2)9(12)7(3)5-8(10)11/h6-7,9,12H,4-5H2,1-3H3,(H,10,11). The van der Waals surface area contributed by atoms with E-state index in [2.05, 4.69) is 0 Å². The van der Waals surface area contributed by atoms with Crippen LogP contribution in [0.3, 0.4) is 0 Å². The van der Waals surface area contributed by atoms with Crippen molar-refractivity contribution in [2.45, 2.75) is 39.7 Å². The van der Waals surface area contributed by atoms with Gasteiger partial charge in [0.1, 0.15) is 0 Å². The molecule has 3 nitrogen and oxygen atoms in total. The van der Waals surface area contributed by atoms with Crippen LogP contribution in [0.5, 0.6) is 0 Å². The van der Waals surface area contributed by atoms with Crippen LogP contribution < -0.4 is 0 Å². The van der Waals surface area contributed by atoms with Gasteiger partial charge >= 0.3 is 5.97 Å². The summed E-state index contributed by atoms with van der Waals surface area (Å²) in [5.41, 5.74) is 0. The van der Waals surface area contributed by atoms with Gasteiger partial charge < -0.3 is 10.2 Å². The van der Waals surface area contributed by atoms with Crippen molar-refractivity contribution in [3.05, 3.63) is 0 Å². The van der Waals surface area contributed by atoms with Crippen LogP contribution in [0.25, 0.3) is 0 Å². The highest BCUT2D eigenvalue weighted by atomic mass is 16.4. The Hall–Kier alpha value is -0.570. The molecule has 2 N–H and O–H groups in total. The molecular formula is C9H18O3. The van der Waals surface area contributed by atoms with Crippen molar-refractivity contribution in [1.29, 1.82) is 0 Å². The first-order valence-corrected chi connectivity index (χ1v) is 4.38. The third-order valence-electron chi connectivity index (χ3n) is 2.31. The Morgan fingerprint density at radius 3 is 2.17 bits per heavy atom. The van der Waals surface area contributed by atoms with Crippen molar-refractivity contribution in [3.63, 3.8) is 0 Å². The quantitative estimate of drug-likeness (QED) is 0.664. The number of carboxylic acid groups (broad SMARTS) is 1. The summed E-state index contributed by atoms with van der Waals surface area (Å²) in [5, 5.41) is 18.0. The molecule has 0 aromatic heterocycles. The molecule has 0 rings (SSSR count). The highest BCUT2D eigenvalue weighted by Crippen LogP contribution is 2.18. The normalized spacial score (nSPS) is 18.3. The van der Waals surface area contributed by atoms with Crippen LogP contribution in [0.4, 0.5) is 0 Å². The smallest absolute Gasteiger partial charge is 0.303 e. The number of carbonyl (C=O) groups is 1. The molecule has 0 aromatic rings. The summed E-state index contributed by atoms with van der Waals surface area (Å²) in [6, 6.07) is 0. The highest BCUT2D eigenvalue weighted by Gasteiger charge is 2.21. The number of aliphatic carboxylic acids is 1. The van der Waals surface area contributed by atoms with Crippen LogP contribution in [-0.2, 0) is 4.79 Å². The van der Waals surface area contributed by atoms with Crippen LogP contribution >= 0.6 is 0 Å². The van der Waals surface area contributed by atoms with Gasteiger partial charge in [0.2, 0.25) is 0 Å². The minimum absolute atomic E-state index is 0.0471. The van der Waals surface area contributed by atoms with Crippen LogP contribution in [0.2, 0.25) is 0 Å². The summed E-state index contributed by atoms with van der Waals surface area (Å²) in [7, 11) is 0. The molecule has 0 fully saturated rings. The number of hydrogen-bond acceptors (Lipinski definition) is 2. The molecule has 0 aromatic carbocycles. The predicted molar refractivity (Wildman–Crippen MR) is 46.9 cm³/mol. The molecule has 0 aliphatic carbocycles. The molecule has 72 valence electrons. The van der Waals surface area contributed by atoms with Gasteiger partial charge in [-0.1, -0.05) is 27.2 Å². The number of hydrogen-bond donors (Lipinski definition) is 2. The third kappa shape index (κ3) is 3.72. The largest absolute Gasteiger partial charge is 0.481 e. The summed E-state index contributed by atoms with van der Waals surface area (Å²) < 4.78 is 0. The molecule has 0 saturated carbocycles. The molecule has 3 heteroatoms. The zero-order valence-electron chi connectivity index (χ0n) is 7.95. The van der Waals surface area contributed by atoms with E-state index in [1.54, 1.807) is 6.92 Å². The first kappa shape index (κ1) is 11.4. The molecule has 0 aliphatic rings. The summed E-state index contributed by atoms with van der Waals surface area (Å²) >= 11 is 0. The molecule has 0 radical (unpaired) electrons. The van der Waals surface area contributed by atoms with E-state index < -0.39 is 12.1 Å². The minimum Gasteiger partial charge on any atom is -0.481 e. The minimum atomic E-state index is -0.843. The molecular weight excluding hydrogens is 156 g/mol. The van der Waals surface area contributed by atoms with Crippen molar-refractivity contribution < 1.29 is 15.0 Å². The van der Waals surface area contributed by atoms with Crippen molar-refractivity contribution in [2.75, 3.05) is 0 Å². The topological polar surface area (TPSA) is 57.5 Å². The van der Waals surface area contributed by atoms with E-state index in [0.29, 0.717) is 0 Å². The van der Waals surface area contributed by atoms with Gasteiger partial charge in [0.25, 0.3) is 0 Å². The molecule has 3 unspecified atom stereocenters. The first-order chi connectivity index (χ1) is 5.49. The lowest BCUT2D eigenvalue weighted by molar-refractivity contribution is -0.139. The SMILES string of the molecule is CCC(C)C(O)C(C)CC(=O)O. The number of carboxylic acids is 1. The molecule has 0 saturated heterocycles. The zero-order chi connectivity index (χ0) is 9.72. The molecule has 0 bridgehead atoms. The van der Waals surface area contributed by atoms with Gasteiger partial charge in [0.05, 0.1) is 12.5 Å². The van der Waals surface area contributed by atoms with Crippen molar-refractivity contribution in [1.82, 2.24) is 0 Å². The monoisotopic (exact) mass is 174 g/mol. The molecule has 0 spiro atoms. The van der Waals surface area contributed by atoms with Crippen molar-refractivity contribution >= 4 is 5.97 Å². The van der Waals surface area contributed by atoms with Gasteiger partial charge in [-0.3, -0.25) is 4.79 Å². The lowest BCUT2D eigenvalue weighted by Gasteiger charge is -2.22. The van der Waals surface area contributed by atoms with Gasteiger partial charge in [-0.2, -0.15) is 0 Å². The third-order valence-corrected chi connectivity index (χ3v) is 2.31. The van der Waals surface area contributed by atoms with Gasteiger partial charge in [-0.25, -0.2) is 0 Å². The second-order valence-corrected chi connectivity index (χ2v) is 3.45. The van der Waals surface area contributed by atoms with E-state index in [9.17, 15) is 9.90 Å². The summed E-state index contributed by atoms with van der Waals surface area (Å²) in [6.07, 6.45) is 0.433. The van der Waals surface area contributed by atoms with Crippen LogP contribution in [-0.4, -0.2) is 22.3 Å². The summed E-state index contributed by atoms with van der Waals surface area (Å²) in [6.45, 7) is 5.69. The number of rotatable bonds is 5. The fourth-order valence-corrected chi connectivity index (χ4v) is 1.20. The molecule has 0 heterocycles. The number of aliphatic hydroxyl groups excluding tert-OH is 1. The zero-order valence-corrected chi connectivity index (χ0v) is 7.95. The maximum absolute atomic E-state index is 10.3. The summed E-state index contributed by atoms with van der Waals surface area (Å²) in [5.74, 6) is -0.818. The van der Waals surface area contributed by atoms with Gasteiger partial charge in [-0.15, -0.1) is 0 Å². The molecule has 3 atom stereocenters. The molecule has 0 amide bonds. The van der Waals surface area contributed by atoms with Crippen LogP contribution in [0.1, 0.15) is 33.6 Å². The van der Waals surface area contributed by atoms with E-state index in [4.69, 9.17) is 5.11 Å². The lowest BCUT2D eigenvalue weighted by Crippen LogP contribution is -2.26. The second-order valence-electron chi connectivity index (χ2n) is 3.45. The maximum Gasteiger partial charge on any atom is 0.303 e. The van der Waals surface area contributed by atoms with Crippen LogP contribution in [0.15, 0.2) is 0 Å². The fourth-order valence-electron chi connectivity index (χ4n) is 1.20. The Morgan fingerprint density at radius 1 is 1.33 bits per heavy atom. The van der Waals surface area contributed by atoms with E-state index in [-0.39, 0.29) is 18.3 Å². The Morgan fingerprint density at radius 2 is 1.83 bits per heavy atom. The van der Waals surface area contributed by atoms with E-state index in [1.807, 2.05) is 13.8 Å².